The van der Waals surface area contributed by atoms with Gasteiger partial charge in [-0.2, -0.15) is 4.31 Å². The molecular formula is C24H36N4O2S. The maximum atomic E-state index is 12.3. The van der Waals surface area contributed by atoms with Crippen LogP contribution in [0.3, 0.4) is 0 Å². The van der Waals surface area contributed by atoms with Crippen molar-refractivity contribution in [3.63, 3.8) is 0 Å². The number of benzene rings is 1. The van der Waals surface area contributed by atoms with Crippen LogP contribution in [0.25, 0.3) is 0 Å². The molecule has 0 N–H and O–H groups in total. The minimum atomic E-state index is -3.16. The van der Waals surface area contributed by atoms with Gasteiger partial charge in [0.2, 0.25) is 10.0 Å². The maximum absolute atomic E-state index is 12.3. The molecule has 1 aromatic carbocycles. The molecule has 6 nitrogen and oxygen atoms in total. The lowest BCUT2D eigenvalue weighted by Gasteiger charge is -2.36. The van der Waals surface area contributed by atoms with E-state index in [4.69, 9.17) is 9.97 Å². The lowest BCUT2D eigenvalue weighted by molar-refractivity contribution is 0.384. The van der Waals surface area contributed by atoms with Crippen LogP contribution in [0.4, 0.5) is 5.82 Å². The van der Waals surface area contributed by atoms with Crippen LogP contribution in [0.15, 0.2) is 18.2 Å². The fourth-order valence-corrected chi connectivity index (χ4v) is 5.10. The van der Waals surface area contributed by atoms with Crippen LogP contribution in [0.1, 0.15) is 66.9 Å². The number of piperazine rings is 1. The highest BCUT2D eigenvalue weighted by Crippen LogP contribution is 2.29. The third-order valence-corrected chi connectivity index (χ3v) is 8.31. The van der Waals surface area contributed by atoms with E-state index < -0.39 is 10.0 Å². The molecule has 1 aliphatic rings. The minimum absolute atomic E-state index is 0.148. The molecule has 31 heavy (non-hydrogen) atoms. The Balaban J connectivity index is 1.99. The van der Waals surface area contributed by atoms with Crippen LogP contribution in [-0.4, -0.2) is 54.6 Å². The van der Waals surface area contributed by atoms with E-state index in [1.165, 1.54) is 16.7 Å². The van der Waals surface area contributed by atoms with E-state index in [9.17, 15) is 8.42 Å². The maximum Gasteiger partial charge on any atom is 0.213 e. The van der Waals surface area contributed by atoms with E-state index in [1.54, 1.807) is 11.2 Å². The Kier molecular flexibility index (Phi) is 7.37. The molecule has 0 saturated carbocycles. The second-order valence-electron chi connectivity index (χ2n) is 8.67. The van der Waals surface area contributed by atoms with E-state index in [-0.39, 0.29) is 11.7 Å². The molecule has 0 spiro atoms. The van der Waals surface area contributed by atoms with Crippen LogP contribution in [-0.2, 0) is 16.4 Å². The van der Waals surface area contributed by atoms with Gasteiger partial charge in [-0.25, -0.2) is 18.4 Å². The second kappa shape index (κ2) is 9.65. The van der Waals surface area contributed by atoms with Crippen molar-refractivity contribution in [1.29, 1.82) is 0 Å². The molecule has 1 saturated heterocycles. The number of hydrogen-bond acceptors (Lipinski definition) is 5. The summed E-state index contributed by atoms with van der Waals surface area (Å²) in [7, 11) is -3.16. The summed E-state index contributed by atoms with van der Waals surface area (Å²) in [4.78, 5) is 12.2. The molecule has 1 unspecified atom stereocenters. The van der Waals surface area contributed by atoms with Crippen molar-refractivity contribution < 1.29 is 8.42 Å². The highest BCUT2D eigenvalue weighted by molar-refractivity contribution is 7.89. The van der Waals surface area contributed by atoms with Gasteiger partial charge in [0.25, 0.3) is 0 Å². The quantitative estimate of drug-likeness (QED) is 0.646. The van der Waals surface area contributed by atoms with Crippen LogP contribution in [0.5, 0.6) is 0 Å². The lowest BCUT2D eigenvalue weighted by Crippen LogP contribution is -2.49. The van der Waals surface area contributed by atoms with E-state index in [0.717, 1.165) is 35.7 Å². The second-order valence-corrected chi connectivity index (χ2v) is 10.9. The number of nitrogens with zero attached hydrogens (tertiary/aromatic N) is 4. The SMILES string of the molecule is CCC(C)c1nc(C)c(Cc2cc(C)ccc2C)c(N2CCN(S(=O)(=O)CC)CC2)n1. The molecule has 0 aliphatic carbocycles. The number of anilines is 1. The summed E-state index contributed by atoms with van der Waals surface area (Å²) >= 11 is 0. The number of rotatable bonds is 7. The fraction of sp³-hybridized carbons (Fsp3) is 0.583. The lowest BCUT2D eigenvalue weighted by atomic mass is 9.97. The number of sulfonamides is 1. The summed E-state index contributed by atoms with van der Waals surface area (Å²) in [6, 6.07) is 6.55. The van der Waals surface area contributed by atoms with Crippen molar-refractivity contribution in [3.05, 3.63) is 52.0 Å². The van der Waals surface area contributed by atoms with Gasteiger partial charge in [0, 0.05) is 49.8 Å². The highest BCUT2D eigenvalue weighted by Gasteiger charge is 2.28. The van der Waals surface area contributed by atoms with Crippen LogP contribution >= 0.6 is 0 Å². The smallest absolute Gasteiger partial charge is 0.213 e. The number of aryl methyl sites for hydroxylation is 3. The first-order valence-corrected chi connectivity index (χ1v) is 12.9. The molecule has 1 fully saturated rings. The topological polar surface area (TPSA) is 66.4 Å². The molecule has 0 radical (unpaired) electrons. The zero-order valence-corrected chi connectivity index (χ0v) is 20.6. The van der Waals surface area contributed by atoms with Crippen molar-refractivity contribution in [2.45, 2.75) is 60.3 Å². The third-order valence-electron chi connectivity index (χ3n) is 6.43. The first-order valence-electron chi connectivity index (χ1n) is 11.3. The average molecular weight is 445 g/mol. The van der Waals surface area contributed by atoms with E-state index in [1.807, 2.05) is 0 Å². The fourth-order valence-electron chi connectivity index (χ4n) is 4.02. The average Bonchev–Trinajstić information content (AvgIpc) is 2.76. The summed E-state index contributed by atoms with van der Waals surface area (Å²) in [5, 5.41) is 0. The molecule has 1 aromatic heterocycles. The Hall–Kier alpha value is -1.99. The summed E-state index contributed by atoms with van der Waals surface area (Å²) in [5.74, 6) is 2.28. The van der Waals surface area contributed by atoms with Crippen molar-refractivity contribution in [1.82, 2.24) is 14.3 Å². The van der Waals surface area contributed by atoms with Gasteiger partial charge in [0.05, 0.1) is 5.75 Å². The summed E-state index contributed by atoms with van der Waals surface area (Å²) in [6.45, 7) is 14.7. The summed E-state index contributed by atoms with van der Waals surface area (Å²) in [5.41, 5.74) is 5.96. The van der Waals surface area contributed by atoms with Gasteiger partial charge in [0.15, 0.2) is 0 Å². The van der Waals surface area contributed by atoms with Gasteiger partial charge in [-0.15, -0.1) is 0 Å². The van der Waals surface area contributed by atoms with Crippen molar-refractivity contribution >= 4 is 15.8 Å². The molecule has 0 bridgehead atoms. The molecule has 1 aliphatic heterocycles. The van der Waals surface area contributed by atoms with Crippen molar-refractivity contribution in [3.8, 4) is 0 Å². The van der Waals surface area contributed by atoms with Gasteiger partial charge in [-0.1, -0.05) is 37.6 Å². The number of hydrogen-bond donors (Lipinski definition) is 0. The first-order chi connectivity index (χ1) is 14.7. The first kappa shape index (κ1) is 23.7. The van der Waals surface area contributed by atoms with E-state index >= 15 is 0 Å². The zero-order valence-electron chi connectivity index (χ0n) is 19.8. The standard InChI is InChI=1S/C24H36N4O2S/c1-7-18(4)23-25-20(6)22(16-21-15-17(3)9-10-19(21)5)24(26-23)27-11-13-28(14-12-27)31(29,30)8-2/h9-10,15,18H,7-8,11-14,16H2,1-6H3. The van der Waals surface area contributed by atoms with Crippen LogP contribution in [0, 0.1) is 20.8 Å². The van der Waals surface area contributed by atoms with Crippen LogP contribution < -0.4 is 4.90 Å². The third kappa shape index (κ3) is 5.26. The van der Waals surface area contributed by atoms with E-state index in [2.05, 4.69) is 57.7 Å². The monoisotopic (exact) mass is 444 g/mol. The van der Waals surface area contributed by atoms with E-state index in [0.29, 0.717) is 26.2 Å². The minimum Gasteiger partial charge on any atom is -0.354 e. The van der Waals surface area contributed by atoms with Gasteiger partial charge >= 0.3 is 0 Å². The Morgan fingerprint density at radius 3 is 2.32 bits per heavy atom. The van der Waals surface area contributed by atoms with Gasteiger partial charge < -0.3 is 4.90 Å². The zero-order chi connectivity index (χ0) is 22.8. The molecule has 3 rings (SSSR count). The molecule has 2 heterocycles. The number of aromatic nitrogens is 2. The largest absolute Gasteiger partial charge is 0.354 e. The molecule has 1 atom stereocenters. The predicted octanol–water partition coefficient (Wildman–Crippen LogP) is 3.98. The molecule has 170 valence electrons. The van der Waals surface area contributed by atoms with Crippen molar-refractivity contribution in [2.75, 3.05) is 36.8 Å². The van der Waals surface area contributed by atoms with Crippen LogP contribution in [0.2, 0.25) is 0 Å². The Labute approximate surface area is 187 Å². The highest BCUT2D eigenvalue weighted by atomic mass is 32.2. The Bertz CT molecular complexity index is 1030. The Morgan fingerprint density at radius 2 is 1.71 bits per heavy atom. The molecule has 7 heteroatoms. The summed E-state index contributed by atoms with van der Waals surface area (Å²) < 4.78 is 26.2. The normalized spacial score (nSPS) is 16.5. The van der Waals surface area contributed by atoms with Crippen molar-refractivity contribution in [2.24, 2.45) is 0 Å². The summed E-state index contributed by atoms with van der Waals surface area (Å²) in [6.07, 6.45) is 1.76. The molecule has 0 amide bonds. The molecular weight excluding hydrogens is 408 g/mol. The van der Waals surface area contributed by atoms with Gasteiger partial charge in [-0.3, -0.25) is 0 Å². The molecule has 2 aromatic rings. The van der Waals surface area contributed by atoms with Gasteiger partial charge in [-0.05, 0) is 45.2 Å². The predicted molar refractivity (Wildman–Crippen MR) is 127 cm³/mol. The van der Waals surface area contributed by atoms with Gasteiger partial charge in [0.1, 0.15) is 11.6 Å². The Morgan fingerprint density at radius 1 is 1.03 bits per heavy atom.